The van der Waals surface area contributed by atoms with Gasteiger partial charge in [0.05, 0.1) is 31.5 Å². The number of aryl methyl sites for hydroxylation is 3. The van der Waals surface area contributed by atoms with Crippen LogP contribution in [-0.2, 0) is 7.05 Å². The van der Waals surface area contributed by atoms with Crippen LogP contribution in [0.1, 0.15) is 31.3 Å². The second-order valence-corrected chi connectivity index (χ2v) is 7.98. The van der Waals surface area contributed by atoms with Gasteiger partial charge in [0.2, 0.25) is 0 Å². The molecule has 0 unspecified atom stereocenters. The number of carbonyl (C=O) groups is 2. The predicted octanol–water partition coefficient (Wildman–Crippen LogP) is 4.13. The van der Waals surface area contributed by atoms with Gasteiger partial charge in [0.25, 0.3) is 11.8 Å². The third kappa shape index (κ3) is 3.50. The Morgan fingerprint density at radius 2 is 1.93 bits per heavy atom. The number of hydrogen-bond donors (Lipinski definition) is 3. The van der Waals surface area contributed by atoms with Gasteiger partial charge in [-0.15, -0.1) is 11.3 Å². The van der Waals surface area contributed by atoms with Crippen LogP contribution in [0.15, 0.2) is 30.3 Å². The van der Waals surface area contributed by atoms with Gasteiger partial charge in [-0.2, -0.15) is 10.2 Å². The number of amides is 2. The number of hydrogen-bond acceptors (Lipinski definition) is 5. The summed E-state index contributed by atoms with van der Waals surface area (Å²) in [4.78, 5) is 25.8. The van der Waals surface area contributed by atoms with Crippen molar-refractivity contribution in [3.05, 3.63) is 57.1 Å². The lowest BCUT2D eigenvalue weighted by Crippen LogP contribution is -2.12. The molecule has 4 aromatic rings. The smallest absolute Gasteiger partial charge is 0.267 e. The minimum atomic E-state index is -0.329. The van der Waals surface area contributed by atoms with Crippen molar-refractivity contribution in [1.29, 1.82) is 0 Å². The van der Waals surface area contributed by atoms with Crippen molar-refractivity contribution in [2.75, 3.05) is 10.6 Å². The van der Waals surface area contributed by atoms with Gasteiger partial charge in [-0.3, -0.25) is 14.7 Å². The molecule has 0 aliphatic carbocycles. The first kappa shape index (κ1) is 19.2. The van der Waals surface area contributed by atoms with E-state index in [1.165, 1.54) is 11.3 Å². The molecule has 0 saturated carbocycles. The van der Waals surface area contributed by atoms with Gasteiger partial charge in [-0.25, -0.2) is 4.68 Å². The largest absolute Gasteiger partial charge is 0.313 e. The Balaban J connectivity index is 1.55. The molecule has 0 aliphatic rings. The molecule has 8 nitrogen and oxygen atoms in total. The molecule has 3 heterocycles. The Labute approximate surface area is 174 Å². The van der Waals surface area contributed by atoms with Crippen molar-refractivity contribution in [1.82, 2.24) is 20.0 Å². The average Bonchev–Trinajstić information content (AvgIpc) is 3.32. The maximum Gasteiger partial charge on any atom is 0.267 e. The summed E-state index contributed by atoms with van der Waals surface area (Å²) in [5.74, 6) is -0.130. The summed E-state index contributed by atoms with van der Waals surface area (Å²) in [7, 11) is 1.79. The first-order valence-electron chi connectivity index (χ1n) is 8.70. The highest BCUT2D eigenvalue weighted by Gasteiger charge is 2.20. The van der Waals surface area contributed by atoms with Gasteiger partial charge in [0, 0.05) is 7.05 Å². The number of H-pyrrole nitrogens is 1. The Morgan fingerprint density at radius 3 is 2.69 bits per heavy atom. The van der Waals surface area contributed by atoms with Gasteiger partial charge in [-0.05, 0) is 37.6 Å². The molecule has 29 heavy (non-hydrogen) atoms. The standard InChI is InChI=1S/C19H17ClN6O2S/c1-9-8-13(21-18(27)11-6-4-5-7-12(11)20)29-15(9)19(28)22-16-14-10(2)25-26(3)17(14)24-23-16/h4-8H,1-3H3,(H,21,27)(H2,22,23,24,28). The molecule has 2 amide bonds. The van der Waals surface area contributed by atoms with E-state index in [9.17, 15) is 9.59 Å². The first-order valence-corrected chi connectivity index (χ1v) is 9.90. The van der Waals surface area contributed by atoms with E-state index in [0.717, 1.165) is 16.6 Å². The summed E-state index contributed by atoms with van der Waals surface area (Å²) in [6, 6.07) is 8.55. The maximum atomic E-state index is 12.8. The van der Waals surface area contributed by atoms with Gasteiger partial charge in [0.15, 0.2) is 5.65 Å². The fourth-order valence-corrected chi connectivity index (χ4v) is 4.27. The highest BCUT2D eigenvalue weighted by molar-refractivity contribution is 7.18. The summed E-state index contributed by atoms with van der Waals surface area (Å²) in [5.41, 5.74) is 2.55. The second kappa shape index (κ2) is 7.34. The van der Waals surface area contributed by atoms with Crippen molar-refractivity contribution in [3.8, 4) is 0 Å². The minimum Gasteiger partial charge on any atom is -0.313 e. The highest BCUT2D eigenvalue weighted by atomic mass is 35.5. The number of nitrogens with zero attached hydrogens (tertiary/aromatic N) is 3. The van der Waals surface area contributed by atoms with Crippen LogP contribution >= 0.6 is 22.9 Å². The Bertz CT molecular complexity index is 1260. The van der Waals surface area contributed by atoms with Crippen molar-refractivity contribution < 1.29 is 9.59 Å². The molecule has 0 radical (unpaired) electrons. The number of halogens is 1. The molecule has 4 rings (SSSR count). The summed E-state index contributed by atoms with van der Waals surface area (Å²) >= 11 is 7.27. The first-order chi connectivity index (χ1) is 13.8. The van der Waals surface area contributed by atoms with E-state index in [0.29, 0.717) is 31.9 Å². The van der Waals surface area contributed by atoms with E-state index < -0.39 is 0 Å². The van der Waals surface area contributed by atoms with Gasteiger partial charge < -0.3 is 10.6 Å². The van der Waals surface area contributed by atoms with E-state index in [1.54, 1.807) is 42.1 Å². The number of aromatic nitrogens is 4. The summed E-state index contributed by atoms with van der Waals surface area (Å²) < 4.78 is 1.65. The van der Waals surface area contributed by atoms with Crippen LogP contribution in [0.2, 0.25) is 5.02 Å². The number of nitrogens with one attached hydrogen (secondary N) is 3. The Kier molecular flexibility index (Phi) is 4.85. The van der Waals surface area contributed by atoms with E-state index in [1.807, 2.05) is 13.8 Å². The number of carbonyl (C=O) groups excluding carboxylic acids is 2. The lowest BCUT2D eigenvalue weighted by atomic mass is 10.2. The van der Waals surface area contributed by atoms with E-state index >= 15 is 0 Å². The summed E-state index contributed by atoms with van der Waals surface area (Å²) in [5, 5.41) is 18.7. The van der Waals surface area contributed by atoms with Crippen molar-refractivity contribution in [2.45, 2.75) is 13.8 Å². The molecule has 0 saturated heterocycles. The second-order valence-electron chi connectivity index (χ2n) is 6.52. The average molecular weight is 429 g/mol. The van der Waals surface area contributed by atoms with Crippen molar-refractivity contribution in [2.24, 2.45) is 7.05 Å². The van der Waals surface area contributed by atoms with Gasteiger partial charge >= 0.3 is 0 Å². The van der Waals surface area contributed by atoms with E-state index in [-0.39, 0.29) is 11.8 Å². The van der Waals surface area contributed by atoms with Crippen LogP contribution in [0, 0.1) is 13.8 Å². The molecule has 3 N–H and O–H groups in total. The fraction of sp³-hybridized carbons (Fsp3) is 0.158. The Hall–Kier alpha value is -3.17. The van der Waals surface area contributed by atoms with Crippen LogP contribution in [0.25, 0.3) is 11.0 Å². The van der Waals surface area contributed by atoms with Crippen LogP contribution in [-0.4, -0.2) is 31.8 Å². The number of aromatic amines is 1. The molecular formula is C19H17ClN6O2S. The zero-order valence-corrected chi connectivity index (χ0v) is 17.4. The number of benzene rings is 1. The third-order valence-corrected chi connectivity index (χ3v) is 5.91. The lowest BCUT2D eigenvalue weighted by Gasteiger charge is -2.04. The fourth-order valence-electron chi connectivity index (χ4n) is 3.09. The molecule has 10 heteroatoms. The predicted molar refractivity (Wildman–Crippen MR) is 114 cm³/mol. The molecule has 0 fully saturated rings. The van der Waals surface area contributed by atoms with Crippen LogP contribution in [0.5, 0.6) is 0 Å². The minimum absolute atomic E-state index is 0.292. The zero-order valence-electron chi connectivity index (χ0n) is 15.8. The molecule has 0 aliphatic heterocycles. The van der Waals surface area contributed by atoms with E-state index in [2.05, 4.69) is 25.9 Å². The zero-order chi connectivity index (χ0) is 20.7. The number of thiophene rings is 1. The van der Waals surface area contributed by atoms with Crippen molar-refractivity contribution >= 4 is 56.6 Å². The van der Waals surface area contributed by atoms with Crippen LogP contribution in [0.3, 0.4) is 0 Å². The molecule has 3 aromatic heterocycles. The van der Waals surface area contributed by atoms with Gasteiger partial charge in [0.1, 0.15) is 5.82 Å². The summed E-state index contributed by atoms with van der Waals surface area (Å²) in [6.45, 7) is 3.67. The van der Waals surface area contributed by atoms with Crippen LogP contribution < -0.4 is 10.6 Å². The SMILES string of the molecule is Cc1cc(NC(=O)c2ccccc2Cl)sc1C(=O)Nc1[nH]nc2c1c(C)nn2C. The molecular weight excluding hydrogens is 412 g/mol. The van der Waals surface area contributed by atoms with Crippen molar-refractivity contribution in [3.63, 3.8) is 0 Å². The molecule has 0 atom stereocenters. The Morgan fingerprint density at radius 1 is 1.17 bits per heavy atom. The lowest BCUT2D eigenvalue weighted by molar-refractivity contribution is 0.102. The topological polar surface area (TPSA) is 105 Å². The number of anilines is 2. The monoisotopic (exact) mass is 428 g/mol. The molecule has 0 spiro atoms. The maximum absolute atomic E-state index is 12.8. The quantitative estimate of drug-likeness (QED) is 0.454. The molecule has 148 valence electrons. The normalized spacial score (nSPS) is 11.0. The molecule has 1 aromatic carbocycles. The third-order valence-electron chi connectivity index (χ3n) is 4.43. The number of fused-ring (bicyclic) bond motifs is 1. The molecule has 0 bridgehead atoms. The van der Waals surface area contributed by atoms with Crippen LogP contribution in [0.4, 0.5) is 10.8 Å². The highest BCUT2D eigenvalue weighted by Crippen LogP contribution is 2.30. The number of rotatable bonds is 4. The van der Waals surface area contributed by atoms with Gasteiger partial charge in [-0.1, -0.05) is 23.7 Å². The van der Waals surface area contributed by atoms with E-state index in [4.69, 9.17) is 11.6 Å². The summed E-state index contributed by atoms with van der Waals surface area (Å²) in [6.07, 6.45) is 0.